The summed E-state index contributed by atoms with van der Waals surface area (Å²) in [6.07, 6.45) is -0.0306. The quantitative estimate of drug-likeness (QED) is 0.544. The van der Waals surface area contributed by atoms with E-state index in [0.29, 0.717) is 18.1 Å². The van der Waals surface area contributed by atoms with Gasteiger partial charge in [0.05, 0.1) is 25.6 Å². The largest absolute Gasteiger partial charge is 0.487 e. The summed E-state index contributed by atoms with van der Waals surface area (Å²) in [5.41, 5.74) is 0. The van der Waals surface area contributed by atoms with Gasteiger partial charge in [0.1, 0.15) is 0 Å². The van der Waals surface area contributed by atoms with Gasteiger partial charge in [0.2, 0.25) is 0 Å². The van der Waals surface area contributed by atoms with Gasteiger partial charge < -0.3 is 14.2 Å². The van der Waals surface area contributed by atoms with Crippen LogP contribution < -0.4 is 9.47 Å². The van der Waals surface area contributed by atoms with Crippen molar-refractivity contribution in [3.63, 3.8) is 0 Å². The molecule has 0 atom stereocenters. The van der Waals surface area contributed by atoms with Crippen molar-refractivity contribution in [1.82, 2.24) is 0 Å². The maximum Gasteiger partial charge on any atom is 0.311 e. The number of carbonyl (C=O) groups is 2. The summed E-state index contributed by atoms with van der Waals surface area (Å²) in [5.74, 6) is 0.264. The molecule has 0 saturated heterocycles. The van der Waals surface area contributed by atoms with Gasteiger partial charge in [-0.15, -0.1) is 0 Å². The van der Waals surface area contributed by atoms with Crippen LogP contribution in [0.2, 0.25) is 0 Å². The van der Waals surface area contributed by atoms with Gasteiger partial charge in [0, 0.05) is 0 Å². The molecule has 5 heteroatoms. The lowest BCUT2D eigenvalue weighted by atomic mass is 10.2. The van der Waals surface area contributed by atoms with Crippen molar-refractivity contribution >= 4 is 11.9 Å². The highest BCUT2D eigenvalue weighted by molar-refractivity contribution is 5.79. The van der Waals surface area contributed by atoms with E-state index in [9.17, 15) is 9.59 Å². The van der Waals surface area contributed by atoms with Crippen molar-refractivity contribution in [2.24, 2.45) is 5.92 Å². The first-order valence-electron chi connectivity index (χ1n) is 7.50. The predicted molar refractivity (Wildman–Crippen MR) is 82.9 cm³/mol. The van der Waals surface area contributed by atoms with Crippen LogP contribution in [0.3, 0.4) is 0 Å². The number of rotatable bonds is 8. The molecule has 1 aromatic rings. The van der Waals surface area contributed by atoms with E-state index in [1.165, 1.54) is 0 Å². The molecule has 122 valence electrons. The zero-order valence-corrected chi connectivity index (χ0v) is 13.6. The maximum atomic E-state index is 11.8. The minimum absolute atomic E-state index is 0.0127. The highest BCUT2D eigenvalue weighted by Gasteiger charge is 2.13. The molecule has 5 nitrogen and oxygen atoms in total. The second-order valence-electron chi connectivity index (χ2n) is 5.66. The average Bonchev–Trinajstić information content (AvgIpc) is 2.44. The third-order valence-electron chi connectivity index (χ3n) is 2.55. The van der Waals surface area contributed by atoms with E-state index in [1.807, 2.05) is 27.7 Å². The fraction of sp³-hybridized carbons (Fsp3) is 0.529. The Hall–Kier alpha value is -2.04. The topological polar surface area (TPSA) is 61.8 Å². The minimum Gasteiger partial charge on any atom is -0.487 e. The molecule has 1 aromatic carbocycles. The molecular formula is C17H24O5. The zero-order chi connectivity index (χ0) is 16.5. The summed E-state index contributed by atoms with van der Waals surface area (Å²) in [6, 6.07) is 6.96. The van der Waals surface area contributed by atoms with E-state index in [-0.39, 0.29) is 24.9 Å². The lowest BCUT2D eigenvalue weighted by molar-refractivity contribution is -0.147. The van der Waals surface area contributed by atoms with E-state index >= 15 is 0 Å². The molecule has 0 saturated carbocycles. The van der Waals surface area contributed by atoms with E-state index in [2.05, 4.69) is 0 Å². The molecule has 0 aliphatic rings. The standard InChI is InChI=1S/C17H24O5/c1-12(2)11-20-16(18)9-10-17(19)22-15-8-6-5-7-14(15)21-13(3)4/h5-8,12-13H,9-11H2,1-4H3. The van der Waals surface area contributed by atoms with Crippen LogP contribution >= 0.6 is 0 Å². The number of para-hydroxylation sites is 2. The summed E-state index contributed by atoms with van der Waals surface area (Å²) >= 11 is 0. The highest BCUT2D eigenvalue weighted by Crippen LogP contribution is 2.27. The van der Waals surface area contributed by atoms with Crippen molar-refractivity contribution in [3.05, 3.63) is 24.3 Å². The number of benzene rings is 1. The van der Waals surface area contributed by atoms with Crippen LogP contribution in [0.15, 0.2) is 24.3 Å². The van der Waals surface area contributed by atoms with E-state index in [0.717, 1.165) is 0 Å². The van der Waals surface area contributed by atoms with Crippen LogP contribution in [0.5, 0.6) is 11.5 Å². The summed E-state index contributed by atoms with van der Waals surface area (Å²) in [7, 11) is 0. The van der Waals surface area contributed by atoms with Crippen LogP contribution in [0.1, 0.15) is 40.5 Å². The number of ether oxygens (including phenoxy) is 3. The molecule has 22 heavy (non-hydrogen) atoms. The normalized spacial score (nSPS) is 10.6. The van der Waals surface area contributed by atoms with Crippen LogP contribution in [-0.4, -0.2) is 24.6 Å². The minimum atomic E-state index is -0.485. The number of carbonyl (C=O) groups excluding carboxylic acids is 2. The van der Waals surface area contributed by atoms with Crippen molar-refractivity contribution in [2.75, 3.05) is 6.61 Å². The Morgan fingerprint density at radius 3 is 2.14 bits per heavy atom. The fourth-order valence-corrected chi connectivity index (χ4v) is 1.60. The molecule has 0 radical (unpaired) electrons. The summed E-state index contributed by atoms with van der Waals surface area (Å²) < 4.78 is 15.8. The molecule has 0 N–H and O–H groups in total. The number of hydrogen-bond acceptors (Lipinski definition) is 5. The first kappa shape index (κ1) is 18.0. The van der Waals surface area contributed by atoms with E-state index < -0.39 is 11.9 Å². The Kier molecular flexibility index (Phi) is 7.43. The van der Waals surface area contributed by atoms with Crippen molar-refractivity contribution in [1.29, 1.82) is 0 Å². The molecular weight excluding hydrogens is 284 g/mol. The molecule has 0 unspecified atom stereocenters. The Labute approximate surface area is 131 Å². The highest BCUT2D eigenvalue weighted by atomic mass is 16.6. The van der Waals surface area contributed by atoms with Crippen molar-refractivity contribution in [2.45, 2.75) is 46.6 Å². The second kappa shape index (κ2) is 9.07. The number of hydrogen-bond donors (Lipinski definition) is 0. The smallest absolute Gasteiger partial charge is 0.311 e. The molecule has 0 bridgehead atoms. The Balaban J connectivity index is 2.47. The third-order valence-corrected chi connectivity index (χ3v) is 2.55. The van der Waals surface area contributed by atoms with Crippen LogP contribution in [0.25, 0.3) is 0 Å². The summed E-state index contributed by atoms with van der Waals surface area (Å²) in [5, 5.41) is 0. The van der Waals surface area contributed by atoms with Crippen molar-refractivity contribution < 1.29 is 23.8 Å². The maximum absolute atomic E-state index is 11.8. The van der Waals surface area contributed by atoms with Gasteiger partial charge in [-0.3, -0.25) is 9.59 Å². The Morgan fingerprint density at radius 1 is 0.955 bits per heavy atom. The molecule has 0 aromatic heterocycles. The molecule has 0 heterocycles. The second-order valence-corrected chi connectivity index (χ2v) is 5.66. The van der Waals surface area contributed by atoms with Gasteiger partial charge in [0.15, 0.2) is 11.5 Å². The summed E-state index contributed by atoms with van der Waals surface area (Å²) in [6.45, 7) is 8.05. The van der Waals surface area contributed by atoms with Crippen LogP contribution in [0.4, 0.5) is 0 Å². The van der Waals surface area contributed by atoms with Gasteiger partial charge in [0.25, 0.3) is 0 Å². The van der Waals surface area contributed by atoms with Crippen LogP contribution in [0, 0.1) is 5.92 Å². The molecule has 0 aliphatic carbocycles. The third kappa shape index (κ3) is 7.11. The van der Waals surface area contributed by atoms with Gasteiger partial charge in [-0.2, -0.15) is 0 Å². The van der Waals surface area contributed by atoms with Gasteiger partial charge in [-0.1, -0.05) is 26.0 Å². The first-order chi connectivity index (χ1) is 10.4. The molecule has 0 spiro atoms. The lowest BCUT2D eigenvalue weighted by Gasteiger charge is -2.13. The lowest BCUT2D eigenvalue weighted by Crippen LogP contribution is -2.15. The fourth-order valence-electron chi connectivity index (χ4n) is 1.60. The van der Waals surface area contributed by atoms with E-state index in [4.69, 9.17) is 14.2 Å². The first-order valence-corrected chi connectivity index (χ1v) is 7.50. The zero-order valence-electron chi connectivity index (χ0n) is 13.6. The van der Waals surface area contributed by atoms with Gasteiger partial charge in [-0.05, 0) is 31.9 Å². The van der Waals surface area contributed by atoms with Crippen LogP contribution in [-0.2, 0) is 14.3 Å². The molecule has 1 rings (SSSR count). The van der Waals surface area contributed by atoms with E-state index in [1.54, 1.807) is 24.3 Å². The molecule has 0 amide bonds. The number of esters is 2. The molecule has 0 aliphatic heterocycles. The average molecular weight is 308 g/mol. The van der Waals surface area contributed by atoms with Gasteiger partial charge in [-0.25, -0.2) is 0 Å². The van der Waals surface area contributed by atoms with Crippen molar-refractivity contribution in [3.8, 4) is 11.5 Å². The SMILES string of the molecule is CC(C)COC(=O)CCC(=O)Oc1ccccc1OC(C)C. The predicted octanol–water partition coefficient (Wildman–Crippen LogP) is 3.36. The molecule has 0 fully saturated rings. The van der Waals surface area contributed by atoms with Gasteiger partial charge >= 0.3 is 11.9 Å². The summed E-state index contributed by atoms with van der Waals surface area (Å²) in [4.78, 5) is 23.3. The Morgan fingerprint density at radius 2 is 1.55 bits per heavy atom. The monoisotopic (exact) mass is 308 g/mol. The Bertz CT molecular complexity index is 494.